The minimum atomic E-state index is -4.51. The van der Waals surface area contributed by atoms with Crippen molar-refractivity contribution in [3.63, 3.8) is 0 Å². The van der Waals surface area contributed by atoms with E-state index in [4.69, 9.17) is 13.8 Å². The van der Waals surface area contributed by atoms with Crippen LogP contribution in [0.2, 0.25) is 0 Å². The third-order valence-electron chi connectivity index (χ3n) is 9.04. The summed E-state index contributed by atoms with van der Waals surface area (Å²) in [6.07, 6.45) is 62.7. The van der Waals surface area contributed by atoms with E-state index in [0.717, 1.165) is 77.0 Å². The normalized spacial score (nSPS) is 14.7. The average Bonchev–Trinajstić information content (AvgIpc) is 3.19. The lowest BCUT2D eigenvalue weighted by Crippen LogP contribution is -2.37. The van der Waals surface area contributed by atoms with Gasteiger partial charge in [-0.2, -0.15) is 0 Å². The third kappa shape index (κ3) is 47.7. The first-order valence-electron chi connectivity index (χ1n) is 22.6. The molecule has 0 amide bonds. The molecular formula is C50H84NO7P. The Kier molecular flexibility index (Phi) is 39.9. The van der Waals surface area contributed by atoms with Crippen LogP contribution in [0, 0.1) is 0 Å². The number of likely N-dealkylation sites (N-methyl/N-ethyl adjacent to an activating group) is 1. The number of hydrogen-bond donors (Lipinski definition) is 1. The van der Waals surface area contributed by atoms with Crippen molar-refractivity contribution < 1.29 is 37.6 Å². The van der Waals surface area contributed by atoms with Crippen LogP contribution in [-0.4, -0.2) is 69.2 Å². The Morgan fingerprint density at radius 1 is 0.542 bits per heavy atom. The molecule has 0 aliphatic heterocycles. The number of carbonyl (C=O) groups excluding carboxylic acids is 1. The van der Waals surface area contributed by atoms with Gasteiger partial charge in [-0.1, -0.05) is 174 Å². The SMILES string of the molecule is CC/C=C\C/C=C\C/C=C\C/C=C\C/C=C\C/C=C\C/C=C\C/C=C\C/C=C\CCCCCCCCCCCCCC(=O)OCC(O)COP(=O)([O-])OCC[N+](C)(C)C. The van der Waals surface area contributed by atoms with Gasteiger partial charge in [0.1, 0.15) is 25.9 Å². The largest absolute Gasteiger partial charge is 0.756 e. The maximum atomic E-state index is 11.9. The highest BCUT2D eigenvalue weighted by Gasteiger charge is 2.16. The maximum Gasteiger partial charge on any atom is 0.305 e. The van der Waals surface area contributed by atoms with Crippen molar-refractivity contribution in [2.45, 2.75) is 154 Å². The van der Waals surface area contributed by atoms with Gasteiger partial charge in [0.15, 0.2) is 0 Å². The molecule has 1 N–H and O–H groups in total. The Balaban J connectivity index is 3.54. The first kappa shape index (κ1) is 56.2. The Morgan fingerprint density at radius 3 is 1.29 bits per heavy atom. The van der Waals surface area contributed by atoms with E-state index in [-0.39, 0.29) is 19.6 Å². The number of phosphoric ester groups is 1. The zero-order valence-electron chi connectivity index (χ0n) is 37.6. The fraction of sp³-hybridized carbons (Fsp3) is 0.620. The number of aliphatic hydroxyl groups is 1. The van der Waals surface area contributed by atoms with E-state index < -0.39 is 26.5 Å². The second kappa shape index (κ2) is 41.9. The Morgan fingerprint density at radius 2 is 0.898 bits per heavy atom. The van der Waals surface area contributed by atoms with E-state index in [0.29, 0.717) is 11.0 Å². The topological polar surface area (TPSA) is 105 Å². The molecule has 0 aromatic heterocycles. The van der Waals surface area contributed by atoms with Crippen LogP contribution in [0.4, 0.5) is 0 Å². The monoisotopic (exact) mass is 842 g/mol. The van der Waals surface area contributed by atoms with Crippen LogP contribution in [0.5, 0.6) is 0 Å². The number of quaternary nitrogens is 1. The number of esters is 1. The number of allylic oxidation sites excluding steroid dienone is 18. The summed E-state index contributed by atoms with van der Waals surface area (Å²) in [7, 11) is 1.24. The summed E-state index contributed by atoms with van der Waals surface area (Å²) in [6.45, 7) is 1.82. The molecule has 0 bridgehead atoms. The van der Waals surface area contributed by atoms with Gasteiger partial charge in [-0.15, -0.1) is 0 Å². The lowest BCUT2D eigenvalue weighted by atomic mass is 10.0. The quantitative estimate of drug-likeness (QED) is 0.0215. The van der Waals surface area contributed by atoms with Gasteiger partial charge < -0.3 is 28.3 Å². The van der Waals surface area contributed by atoms with Gasteiger partial charge in [0, 0.05) is 6.42 Å². The van der Waals surface area contributed by atoms with Crippen LogP contribution >= 0.6 is 7.82 Å². The molecule has 2 atom stereocenters. The second-order valence-corrected chi connectivity index (χ2v) is 17.3. The number of rotatable bonds is 40. The van der Waals surface area contributed by atoms with Gasteiger partial charge >= 0.3 is 5.97 Å². The standard InChI is InChI=1S/C50H84NO7P/c1-5-6-7-8-9-10-11-12-13-14-15-16-17-18-19-20-21-22-23-24-25-26-27-28-29-30-31-32-33-34-35-36-37-38-39-40-41-42-43-44-50(53)56-47-49(52)48-58-59(54,55)57-46-45-51(2,3)4/h6-7,9-10,12-13,15-16,18-19,21-22,24-25,27-28,30-31,49,52H,5,8,11,14,17,20,23,26,29,32-48H2,1-4H3/b7-6-,10-9-,13-12-,16-15-,19-18-,22-21-,25-24-,28-27-,31-30-. The smallest absolute Gasteiger partial charge is 0.305 e. The molecule has 0 aromatic rings. The molecule has 59 heavy (non-hydrogen) atoms. The molecule has 0 saturated carbocycles. The summed E-state index contributed by atoms with van der Waals surface area (Å²) in [5, 5.41) is 9.89. The van der Waals surface area contributed by atoms with E-state index in [1.807, 2.05) is 21.1 Å². The van der Waals surface area contributed by atoms with Crippen molar-refractivity contribution >= 4 is 13.8 Å². The van der Waals surface area contributed by atoms with Crippen molar-refractivity contribution in [1.29, 1.82) is 0 Å². The minimum absolute atomic E-state index is 0.0131. The summed E-state index contributed by atoms with van der Waals surface area (Å²) in [5.41, 5.74) is 0. The number of aliphatic hydroxyl groups excluding tert-OH is 1. The Labute approximate surface area is 361 Å². The van der Waals surface area contributed by atoms with Crippen LogP contribution in [0.1, 0.15) is 148 Å². The van der Waals surface area contributed by atoms with Crippen molar-refractivity contribution in [3.05, 3.63) is 109 Å². The fourth-order valence-electron chi connectivity index (χ4n) is 5.53. The van der Waals surface area contributed by atoms with Gasteiger partial charge in [-0.3, -0.25) is 9.36 Å². The predicted octanol–water partition coefficient (Wildman–Crippen LogP) is 12.7. The summed E-state index contributed by atoms with van der Waals surface area (Å²) < 4.78 is 26.9. The van der Waals surface area contributed by atoms with Crippen molar-refractivity contribution in [2.75, 3.05) is 47.5 Å². The van der Waals surface area contributed by atoms with Crippen molar-refractivity contribution in [1.82, 2.24) is 0 Å². The van der Waals surface area contributed by atoms with E-state index in [2.05, 4.69) is 116 Å². The molecule has 0 radical (unpaired) electrons. The zero-order chi connectivity index (χ0) is 43.4. The fourth-order valence-corrected chi connectivity index (χ4v) is 6.26. The number of unbranched alkanes of at least 4 members (excludes halogenated alkanes) is 11. The van der Waals surface area contributed by atoms with Crippen molar-refractivity contribution in [2.24, 2.45) is 0 Å². The first-order valence-corrected chi connectivity index (χ1v) is 24.1. The third-order valence-corrected chi connectivity index (χ3v) is 10.0. The maximum absolute atomic E-state index is 11.9. The van der Waals surface area contributed by atoms with E-state index >= 15 is 0 Å². The molecule has 0 heterocycles. The zero-order valence-corrected chi connectivity index (χ0v) is 38.5. The van der Waals surface area contributed by atoms with Gasteiger partial charge in [0.2, 0.25) is 0 Å². The number of ether oxygens (including phenoxy) is 1. The predicted molar refractivity (Wildman–Crippen MR) is 249 cm³/mol. The molecule has 0 fully saturated rings. The van der Waals surface area contributed by atoms with Crippen LogP contribution in [-0.2, 0) is 23.1 Å². The first-order chi connectivity index (χ1) is 28.6. The summed E-state index contributed by atoms with van der Waals surface area (Å²) in [5.74, 6) is -0.395. The summed E-state index contributed by atoms with van der Waals surface area (Å²) >= 11 is 0. The Bertz CT molecular complexity index is 1300. The van der Waals surface area contributed by atoms with Crippen molar-refractivity contribution in [3.8, 4) is 0 Å². The molecule has 2 unspecified atom stereocenters. The molecular weight excluding hydrogens is 758 g/mol. The van der Waals surface area contributed by atoms with Gasteiger partial charge in [-0.05, 0) is 77.0 Å². The molecule has 0 aliphatic carbocycles. The van der Waals surface area contributed by atoms with Gasteiger partial charge in [0.05, 0.1) is 27.7 Å². The van der Waals surface area contributed by atoms with Crippen LogP contribution in [0.15, 0.2) is 109 Å². The molecule has 0 rings (SSSR count). The van der Waals surface area contributed by atoms with Gasteiger partial charge in [-0.25, -0.2) is 0 Å². The second-order valence-electron chi connectivity index (χ2n) is 15.9. The molecule has 336 valence electrons. The molecule has 9 heteroatoms. The molecule has 0 aromatic carbocycles. The molecule has 0 spiro atoms. The van der Waals surface area contributed by atoms with E-state index in [1.165, 1.54) is 57.8 Å². The highest BCUT2D eigenvalue weighted by Crippen LogP contribution is 2.38. The van der Waals surface area contributed by atoms with Crippen LogP contribution in [0.3, 0.4) is 0 Å². The average molecular weight is 842 g/mol. The van der Waals surface area contributed by atoms with Gasteiger partial charge in [0.25, 0.3) is 7.82 Å². The molecule has 0 aliphatic rings. The minimum Gasteiger partial charge on any atom is -0.756 e. The summed E-state index contributed by atoms with van der Waals surface area (Å²) in [4.78, 5) is 23.7. The van der Waals surface area contributed by atoms with Crippen LogP contribution < -0.4 is 4.89 Å². The highest BCUT2D eigenvalue weighted by atomic mass is 31.2. The number of hydrogen-bond acceptors (Lipinski definition) is 7. The van der Waals surface area contributed by atoms with E-state index in [9.17, 15) is 19.4 Å². The summed E-state index contributed by atoms with van der Waals surface area (Å²) in [6, 6.07) is 0. The lowest BCUT2D eigenvalue weighted by Gasteiger charge is -2.27. The molecule has 8 nitrogen and oxygen atoms in total. The Hall–Kier alpha value is -2.84. The highest BCUT2D eigenvalue weighted by molar-refractivity contribution is 7.45. The lowest BCUT2D eigenvalue weighted by molar-refractivity contribution is -0.870. The number of phosphoric acid groups is 1. The van der Waals surface area contributed by atoms with E-state index in [1.54, 1.807) is 0 Å². The molecule has 0 saturated heterocycles. The van der Waals surface area contributed by atoms with Crippen LogP contribution in [0.25, 0.3) is 0 Å². The number of carbonyl (C=O) groups is 1. The number of nitrogens with zero attached hydrogens (tertiary/aromatic N) is 1.